The van der Waals surface area contributed by atoms with Crippen LogP contribution in [-0.4, -0.2) is 30.3 Å². The number of methoxy groups -OCH3 is 2. The summed E-state index contributed by atoms with van der Waals surface area (Å²) in [4.78, 5) is 16.4. The lowest BCUT2D eigenvalue weighted by Crippen LogP contribution is -2.12. The highest BCUT2D eigenvalue weighted by Crippen LogP contribution is 2.31. The van der Waals surface area contributed by atoms with Crippen LogP contribution in [0.5, 0.6) is 11.5 Å². The van der Waals surface area contributed by atoms with E-state index in [0.29, 0.717) is 40.3 Å². The molecule has 0 radical (unpaired) electrons. The lowest BCUT2D eigenvalue weighted by molar-refractivity contribution is -0.116. The van der Waals surface area contributed by atoms with Crippen molar-refractivity contribution in [2.75, 3.05) is 19.5 Å². The Morgan fingerprint density at radius 3 is 2.56 bits per heavy atom. The Morgan fingerprint density at radius 2 is 1.85 bits per heavy atom. The average molecular weight is 388 g/mol. The summed E-state index contributed by atoms with van der Waals surface area (Å²) < 4.78 is 15.7. The van der Waals surface area contributed by atoms with Gasteiger partial charge in [-0.15, -0.1) is 0 Å². The van der Waals surface area contributed by atoms with E-state index in [1.807, 2.05) is 6.07 Å². The van der Waals surface area contributed by atoms with E-state index in [1.54, 1.807) is 50.6 Å². The molecular formula is C19H18ClN3O4. The number of halogens is 1. The van der Waals surface area contributed by atoms with Gasteiger partial charge in [-0.2, -0.15) is 4.98 Å². The van der Waals surface area contributed by atoms with Gasteiger partial charge in [-0.05, 0) is 42.5 Å². The molecule has 0 aliphatic carbocycles. The third-order valence-electron chi connectivity index (χ3n) is 3.80. The number of benzene rings is 2. The van der Waals surface area contributed by atoms with Gasteiger partial charge in [0.1, 0.15) is 0 Å². The predicted octanol–water partition coefficient (Wildman–Crippen LogP) is 3.98. The lowest BCUT2D eigenvalue weighted by Gasteiger charge is -2.07. The first-order chi connectivity index (χ1) is 13.1. The van der Waals surface area contributed by atoms with Gasteiger partial charge in [0.15, 0.2) is 11.5 Å². The van der Waals surface area contributed by atoms with E-state index in [4.69, 9.17) is 25.6 Å². The van der Waals surface area contributed by atoms with Crippen molar-refractivity contribution in [2.45, 2.75) is 12.8 Å². The van der Waals surface area contributed by atoms with E-state index in [1.165, 1.54) is 0 Å². The van der Waals surface area contributed by atoms with Crippen molar-refractivity contribution in [3.05, 3.63) is 53.4 Å². The highest BCUT2D eigenvalue weighted by Gasteiger charge is 2.13. The van der Waals surface area contributed by atoms with Crippen molar-refractivity contribution >= 4 is 23.2 Å². The van der Waals surface area contributed by atoms with Crippen LogP contribution in [0, 0.1) is 0 Å². The third-order valence-corrected chi connectivity index (χ3v) is 4.06. The minimum atomic E-state index is -0.150. The third kappa shape index (κ3) is 4.77. The van der Waals surface area contributed by atoms with Gasteiger partial charge in [0.05, 0.1) is 14.2 Å². The highest BCUT2D eigenvalue weighted by atomic mass is 35.5. The maximum absolute atomic E-state index is 12.0. The number of aryl methyl sites for hydroxylation is 1. The number of rotatable bonds is 7. The van der Waals surface area contributed by atoms with Crippen molar-refractivity contribution in [1.82, 2.24) is 10.1 Å². The van der Waals surface area contributed by atoms with Gasteiger partial charge in [0.25, 0.3) is 0 Å². The smallest absolute Gasteiger partial charge is 0.227 e. The van der Waals surface area contributed by atoms with Gasteiger partial charge < -0.3 is 19.3 Å². The number of hydrogen-bond acceptors (Lipinski definition) is 6. The van der Waals surface area contributed by atoms with E-state index in [9.17, 15) is 4.79 Å². The van der Waals surface area contributed by atoms with Crippen molar-refractivity contribution in [3.63, 3.8) is 0 Å². The summed E-state index contributed by atoms with van der Waals surface area (Å²) in [5.74, 6) is 1.84. The number of carbonyl (C=O) groups excluding carboxylic acids is 1. The molecule has 3 rings (SSSR count). The minimum absolute atomic E-state index is 0.150. The van der Waals surface area contributed by atoms with Gasteiger partial charge in [-0.25, -0.2) is 0 Å². The number of hydrogen-bond donors (Lipinski definition) is 1. The number of nitrogens with zero attached hydrogens (tertiary/aromatic N) is 2. The molecule has 0 aliphatic rings. The Balaban J connectivity index is 1.61. The summed E-state index contributed by atoms with van der Waals surface area (Å²) in [5, 5.41) is 7.36. The Hall–Kier alpha value is -3.06. The van der Waals surface area contributed by atoms with Crippen LogP contribution in [-0.2, 0) is 11.2 Å². The maximum Gasteiger partial charge on any atom is 0.227 e. The number of nitrogens with one attached hydrogen (secondary N) is 1. The summed E-state index contributed by atoms with van der Waals surface area (Å²) in [6.07, 6.45) is 0.551. The van der Waals surface area contributed by atoms with Crippen LogP contribution >= 0.6 is 11.6 Å². The molecule has 2 aromatic carbocycles. The number of amides is 1. The summed E-state index contributed by atoms with van der Waals surface area (Å²) in [6, 6.07) is 12.2. The van der Waals surface area contributed by atoms with E-state index in [0.717, 1.165) is 5.56 Å². The molecule has 0 fully saturated rings. The lowest BCUT2D eigenvalue weighted by atomic mass is 10.2. The monoisotopic (exact) mass is 387 g/mol. The van der Waals surface area contributed by atoms with Crippen LogP contribution in [0.15, 0.2) is 47.0 Å². The maximum atomic E-state index is 12.0. The molecule has 0 unspecified atom stereocenters. The van der Waals surface area contributed by atoms with Gasteiger partial charge in [-0.1, -0.05) is 16.8 Å². The number of aromatic nitrogens is 2. The molecule has 0 atom stereocenters. The molecule has 1 N–H and O–H groups in total. The summed E-state index contributed by atoms with van der Waals surface area (Å²) >= 11 is 5.82. The quantitative estimate of drug-likeness (QED) is 0.659. The van der Waals surface area contributed by atoms with Crippen LogP contribution < -0.4 is 14.8 Å². The largest absolute Gasteiger partial charge is 0.493 e. The van der Waals surface area contributed by atoms with Crippen LogP contribution in [0.4, 0.5) is 5.69 Å². The second-order valence-corrected chi connectivity index (χ2v) is 6.07. The molecule has 0 saturated heterocycles. The molecule has 1 amide bonds. The zero-order valence-electron chi connectivity index (χ0n) is 14.9. The molecule has 1 heterocycles. The molecule has 27 heavy (non-hydrogen) atoms. The standard InChI is InChI=1S/C19H18ClN3O4/c1-25-15-8-3-12(11-16(15)26-2)19-22-18(27-23-19)10-9-17(24)21-14-6-4-13(20)5-7-14/h3-8,11H,9-10H2,1-2H3,(H,21,24). The SMILES string of the molecule is COc1ccc(-c2noc(CCC(=O)Nc3ccc(Cl)cc3)n2)cc1OC. The van der Waals surface area contributed by atoms with Crippen molar-refractivity contribution in [1.29, 1.82) is 0 Å². The first kappa shape index (κ1) is 18.7. The Morgan fingerprint density at radius 1 is 1.11 bits per heavy atom. The molecule has 0 aliphatic heterocycles. The van der Waals surface area contributed by atoms with Crippen molar-refractivity contribution < 1.29 is 18.8 Å². The Bertz CT molecular complexity index is 925. The molecule has 3 aromatic rings. The fourth-order valence-electron chi connectivity index (χ4n) is 2.43. The second kappa shape index (κ2) is 8.55. The van der Waals surface area contributed by atoms with Crippen molar-refractivity contribution in [3.8, 4) is 22.9 Å². The van der Waals surface area contributed by atoms with Gasteiger partial charge in [0, 0.05) is 29.1 Å². The van der Waals surface area contributed by atoms with Gasteiger partial charge in [0.2, 0.25) is 17.6 Å². The predicted molar refractivity (Wildman–Crippen MR) is 101 cm³/mol. The number of anilines is 1. The highest BCUT2D eigenvalue weighted by molar-refractivity contribution is 6.30. The Kier molecular flexibility index (Phi) is 5.93. The minimum Gasteiger partial charge on any atom is -0.493 e. The molecule has 0 spiro atoms. The topological polar surface area (TPSA) is 86.5 Å². The normalized spacial score (nSPS) is 10.5. The Labute approximate surface area is 161 Å². The van der Waals surface area contributed by atoms with E-state index >= 15 is 0 Å². The zero-order valence-corrected chi connectivity index (χ0v) is 15.6. The van der Waals surface area contributed by atoms with Crippen LogP contribution in [0.1, 0.15) is 12.3 Å². The molecule has 7 nitrogen and oxygen atoms in total. The molecule has 140 valence electrons. The molecule has 0 bridgehead atoms. The van der Waals surface area contributed by atoms with Crippen LogP contribution in [0.2, 0.25) is 5.02 Å². The second-order valence-electron chi connectivity index (χ2n) is 5.64. The molecular weight excluding hydrogens is 370 g/mol. The van der Waals surface area contributed by atoms with Gasteiger partial charge in [-0.3, -0.25) is 4.79 Å². The first-order valence-corrected chi connectivity index (χ1v) is 8.57. The summed E-state index contributed by atoms with van der Waals surface area (Å²) in [7, 11) is 3.13. The molecule has 0 saturated carbocycles. The number of ether oxygens (including phenoxy) is 2. The summed E-state index contributed by atoms with van der Waals surface area (Å²) in [6.45, 7) is 0. The van der Waals surface area contributed by atoms with Crippen LogP contribution in [0.3, 0.4) is 0 Å². The van der Waals surface area contributed by atoms with E-state index in [-0.39, 0.29) is 12.3 Å². The molecule has 8 heteroatoms. The van der Waals surface area contributed by atoms with E-state index < -0.39 is 0 Å². The first-order valence-electron chi connectivity index (χ1n) is 8.19. The summed E-state index contributed by atoms with van der Waals surface area (Å²) in [5.41, 5.74) is 1.41. The van der Waals surface area contributed by atoms with Crippen LogP contribution in [0.25, 0.3) is 11.4 Å². The average Bonchev–Trinajstić information content (AvgIpc) is 3.16. The number of carbonyl (C=O) groups is 1. The fraction of sp³-hybridized carbons (Fsp3) is 0.211. The molecule has 1 aromatic heterocycles. The van der Waals surface area contributed by atoms with Crippen molar-refractivity contribution in [2.24, 2.45) is 0 Å². The van der Waals surface area contributed by atoms with Gasteiger partial charge >= 0.3 is 0 Å². The van der Waals surface area contributed by atoms with E-state index in [2.05, 4.69) is 15.5 Å². The fourth-order valence-corrected chi connectivity index (χ4v) is 2.55. The zero-order chi connectivity index (χ0) is 19.2.